The Labute approximate surface area is 132 Å². The highest BCUT2D eigenvalue weighted by Crippen LogP contribution is 2.07. The van der Waals surface area contributed by atoms with Crippen LogP contribution < -0.4 is 10.6 Å². The molecular weight excluding hydrogens is 298 g/mol. The van der Waals surface area contributed by atoms with Crippen LogP contribution >= 0.6 is 11.3 Å². The van der Waals surface area contributed by atoms with Crippen LogP contribution in [0.5, 0.6) is 0 Å². The molecule has 3 heterocycles. The van der Waals surface area contributed by atoms with Crippen LogP contribution in [0.4, 0.5) is 0 Å². The summed E-state index contributed by atoms with van der Waals surface area (Å²) in [5.74, 6) is 1.55. The van der Waals surface area contributed by atoms with Crippen molar-refractivity contribution in [2.75, 3.05) is 7.05 Å². The number of aromatic nitrogens is 4. The van der Waals surface area contributed by atoms with Crippen molar-refractivity contribution in [1.29, 1.82) is 0 Å². The van der Waals surface area contributed by atoms with Crippen molar-refractivity contribution in [3.63, 3.8) is 0 Å². The van der Waals surface area contributed by atoms with Gasteiger partial charge in [-0.15, -0.1) is 21.5 Å². The van der Waals surface area contributed by atoms with E-state index in [2.05, 4.69) is 30.8 Å². The van der Waals surface area contributed by atoms with Crippen molar-refractivity contribution >= 4 is 22.9 Å². The number of aliphatic imine (C=N–C) groups is 1. The number of guanidine groups is 1. The molecule has 0 atom stereocenters. The van der Waals surface area contributed by atoms with Gasteiger partial charge in [0.05, 0.1) is 13.1 Å². The lowest BCUT2D eigenvalue weighted by Gasteiger charge is -2.09. The summed E-state index contributed by atoms with van der Waals surface area (Å²) in [5.41, 5.74) is 1.88. The fourth-order valence-electron chi connectivity index (χ4n) is 2.04. The largest absolute Gasteiger partial charge is 0.350 e. The summed E-state index contributed by atoms with van der Waals surface area (Å²) in [7, 11) is 1.74. The number of pyridine rings is 1. The number of hydrogen-bond donors (Lipinski definition) is 2. The second kappa shape index (κ2) is 6.52. The molecule has 0 aliphatic rings. The van der Waals surface area contributed by atoms with E-state index in [4.69, 9.17) is 0 Å². The third-order valence-corrected chi connectivity index (χ3v) is 4.06. The molecule has 114 valence electrons. The smallest absolute Gasteiger partial charge is 0.191 e. The van der Waals surface area contributed by atoms with Crippen LogP contribution in [0.25, 0.3) is 5.65 Å². The summed E-state index contributed by atoms with van der Waals surface area (Å²) in [4.78, 5) is 8.62. The zero-order valence-electron chi connectivity index (χ0n) is 12.4. The van der Waals surface area contributed by atoms with Crippen LogP contribution in [0.15, 0.2) is 34.8 Å². The molecule has 3 rings (SSSR count). The number of nitrogens with one attached hydrogen (secondary N) is 2. The molecule has 0 amide bonds. The summed E-state index contributed by atoms with van der Waals surface area (Å²) in [6, 6.07) is 5.82. The standard InChI is InChI=1S/C14H17N7S/c1-10-9-22-13(18-10)8-17-14(15-2)16-7-12-20-19-11-5-3-4-6-21(11)12/h3-6,9H,7-8H2,1-2H3,(H2,15,16,17). The Hall–Kier alpha value is -2.48. The van der Waals surface area contributed by atoms with Crippen molar-refractivity contribution in [3.8, 4) is 0 Å². The number of hydrogen-bond acceptors (Lipinski definition) is 5. The van der Waals surface area contributed by atoms with E-state index in [9.17, 15) is 0 Å². The maximum atomic E-state index is 4.41. The predicted molar refractivity (Wildman–Crippen MR) is 86.9 cm³/mol. The molecule has 3 aromatic rings. The average molecular weight is 315 g/mol. The third-order valence-electron chi connectivity index (χ3n) is 3.10. The molecule has 0 saturated heterocycles. The van der Waals surface area contributed by atoms with Crippen molar-refractivity contribution in [3.05, 3.63) is 46.3 Å². The quantitative estimate of drug-likeness (QED) is 0.561. The molecule has 22 heavy (non-hydrogen) atoms. The monoisotopic (exact) mass is 315 g/mol. The average Bonchev–Trinajstić information content (AvgIpc) is 3.14. The lowest BCUT2D eigenvalue weighted by molar-refractivity contribution is 0.760. The predicted octanol–water partition coefficient (Wildman–Crippen LogP) is 1.36. The number of fused-ring (bicyclic) bond motifs is 1. The van der Waals surface area contributed by atoms with E-state index in [0.29, 0.717) is 19.0 Å². The van der Waals surface area contributed by atoms with Crippen molar-refractivity contribution < 1.29 is 0 Å². The summed E-state index contributed by atoms with van der Waals surface area (Å²) in [6.07, 6.45) is 1.95. The molecule has 0 saturated carbocycles. The van der Waals surface area contributed by atoms with Gasteiger partial charge in [-0.25, -0.2) is 4.98 Å². The molecule has 0 bridgehead atoms. The number of rotatable bonds is 4. The molecule has 0 aliphatic heterocycles. The van der Waals surface area contributed by atoms with E-state index < -0.39 is 0 Å². The second-order valence-electron chi connectivity index (χ2n) is 4.71. The van der Waals surface area contributed by atoms with E-state index >= 15 is 0 Å². The normalized spacial score (nSPS) is 11.8. The first-order valence-electron chi connectivity index (χ1n) is 6.90. The maximum absolute atomic E-state index is 4.41. The van der Waals surface area contributed by atoms with Gasteiger partial charge >= 0.3 is 0 Å². The Kier molecular flexibility index (Phi) is 4.29. The van der Waals surface area contributed by atoms with E-state index in [1.807, 2.05) is 41.1 Å². The first-order chi connectivity index (χ1) is 10.8. The highest BCUT2D eigenvalue weighted by atomic mass is 32.1. The molecule has 0 unspecified atom stereocenters. The molecular formula is C14H17N7S. The zero-order chi connectivity index (χ0) is 15.4. The Bertz CT molecular complexity index is 789. The highest BCUT2D eigenvalue weighted by molar-refractivity contribution is 7.09. The molecule has 0 spiro atoms. The minimum atomic E-state index is 0.543. The lowest BCUT2D eigenvalue weighted by Crippen LogP contribution is -2.36. The first kappa shape index (κ1) is 14.5. The van der Waals surface area contributed by atoms with Gasteiger partial charge in [-0.2, -0.15) is 0 Å². The summed E-state index contributed by atoms with van der Waals surface area (Å²) in [6.45, 7) is 3.18. The van der Waals surface area contributed by atoms with Crippen molar-refractivity contribution in [2.45, 2.75) is 20.0 Å². The van der Waals surface area contributed by atoms with Crippen molar-refractivity contribution in [2.24, 2.45) is 4.99 Å². The Balaban J connectivity index is 1.59. The Morgan fingerprint density at radius 1 is 1.27 bits per heavy atom. The van der Waals surface area contributed by atoms with Gasteiger partial charge in [0.25, 0.3) is 0 Å². The van der Waals surface area contributed by atoms with Gasteiger partial charge in [0.15, 0.2) is 17.4 Å². The molecule has 0 aromatic carbocycles. The van der Waals surface area contributed by atoms with Gasteiger partial charge in [-0.05, 0) is 19.1 Å². The van der Waals surface area contributed by atoms with Crippen LogP contribution in [0, 0.1) is 6.92 Å². The molecule has 0 fully saturated rings. The minimum absolute atomic E-state index is 0.543. The topological polar surface area (TPSA) is 79.5 Å². The molecule has 8 heteroatoms. The van der Waals surface area contributed by atoms with E-state index in [0.717, 1.165) is 22.2 Å². The fraction of sp³-hybridized carbons (Fsp3) is 0.286. The van der Waals surface area contributed by atoms with E-state index in [1.165, 1.54) is 0 Å². The van der Waals surface area contributed by atoms with Gasteiger partial charge in [0, 0.05) is 24.3 Å². The summed E-state index contributed by atoms with van der Waals surface area (Å²) < 4.78 is 1.95. The SMILES string of the molecule is CN=C(NCc1nc(C)cs1)NCc1nnc2ccccn12. The fourth-order valence-corrected chi connectivity index (χ4v) is 2.75. The lowest BCUT2D eigenvalue weighted by atomic mass is 10.4. The zero-order valence-corrected chi connectivity index (χ0v) is 13.3. The van der Waals surface area contributed by atoms with Gasteiger partial charge in [-0.3, -0.25) is 9.39 Å². The van der Waals surface area contributed by atoms with Crippen LogP contribution in [0.2, 0.25) is 0 Å². The second-order valence-corrected chi connectivity index (χ2v) is 5.65. The van der Waals surface area contributed by atoms with E-state index in [-0.39, 0.29) is 0 Å². The van der Waals surface area contributed by atoms with Gasteiger partial charge in [-0.1, -0.05) is 6.07 Å². The highest BCUT2D eigenvalue weighted by Gasteiger charge is 2.06. The first-order valence-corrected chi connectivity index (χ1v) is 7.78. The van der Waals surface area contributed by atoms with Crippen LogP contribution in [-0.2, 0) is 13.1 Å². The van der Waals surface area contributed by atoms with E-state index in [1.54, 1.807) is 18.4 Å². The number of aryl methyl sites for hydroxylation is 1. The Morgan fingerprint density at radius 3 is 2.91 bits per heavy atom. The van der Waals surface area contributed by atoms with Crippen LogP contribution in [0.1, 0.15) is 16.5 Å². The molecule has 7 nitrogen and oxygen atoms in total. The summed E-state index contributed by atoms with van der Waals surface area (Å²) >= 11 is 1.64. The molecule has 2 N–H and O–H groups in total. The molecule has 0 aliphatic carbocycles. The number of nitrogens with zero attached hydrogens (tertiary/aromatic N) is 5. The molecule has 0 radical (unpaired) electrons. The van der Waals surface area contributed by atoms with Crippen molar-refractivity contribution in [1.82, 2.24) is 30.2 Å². The Morgan fingerprint density at radius 2 is 2.14 bits per heavy atom. The van der Waals surface area contributed by atoms with Gasteiger partial charge in [0.1, 0.15) is 5.01 Å². The number of thiazole rings is 1. The van der Waals surface area contributed by atoms with Gasteiger partial charge < -0.3 is 10.6 Å². The maximum Gasteiger partial charge on any atom is 0.191 e. The third kappa shape index (κ3) is 3.22. The summed E-state index contributed by atoms with van der Waals surface area (Å²) in [5, 5.41) is 17.8. The van der Waals surface area contributed by atoms with Gasteiger partial charge in [0.2, 0.25) is 0 Å². The molecule has 3 aromatic heterocycles. The van der Waals surface area contributed by atoms with Crippen LogP contribution in [0.3, 0.4) is 0 Å². The van der Waals surface area contributed by atoms with Crippen LogP contribution in [-0.4, -0.2) is 32.6 Å². The minimum Gasteiger partial charge on any atom is -0.350 e.